The summed E-state index contributed by atoms with van der Waals surface area (Å²) in [5, 5.41) is 4.39. The molecule has 2 atom stereocenters. The minimum Gasteiger partial charge on any atom is -0.484 e. The van der Waals surface area contributed by atoms with E-state index in [0.29, 0.717) is 11.7 Å². The van der Waals surface area contributed by atoms with E-state index in [-0.39, 0.29) is 6.10 Å². The van der Waals surface area contributed by atoms with Gasteiger partial charge in [0.05, 0.1) is 5.69 Å². The van der Waals surface area contributed by atoms with Gasteiger partial charge in [0.15, 0.2) is 0 Å². The Balaban J connectivity index is 1.37. The SMILES string of the molecule is C=C(C1Cc2ccccc2O1)N1CCCC(c2cc(C)nc3ncnn23)C1. The number of benzene rings is 1. The first-order chi connectivity index (χ1) is 13.2. The van der Waals surface area contributed by atoms with E-state index in [9.17, 15) is 0 Å². The summed E-state index contributed by atoms with van der Waals surface area (Å²) in [6.07, 6.45) is 4.77. The Morgan fingerprint density at radius 2 is 2.19 bits per heavy atom. The third kappa shape index (κ3) is 2.85. The van der Waals surface area contributed by atoms with E-state index in [0.717, 1.165) is 49.5 Å². The number of nitrogens with zero attached hydrogens (tertiary/aromatic N) is 5. The molecule has 1 fully saturated rings. The van der Waals surface area contributed by atoms with Gasteiger partial charge in [-0.2, -0.15) is 10.1 Å². The molecular formula is C21H23N5O. The van der Waals surface area contributed by atoms with Crippen molar-refractivity contribution in [3.63, 3.8) is 0 Å². The van der Waals surface area contributed by atoms with Crippen LogP contribution in [0.4, 0.5) is 0 Å². The molecule has 6 heteroatoms. The fraction of sp³-hybridized carbons (Fsp3) is 0.381. The Labute approximate surface area is 158 Å². The number of aromatic nitrogens is 4. The fourth-order valence-electron chi connectivity index (χ4n) is 4.30. The summed E-state index contributed by atoms with van der Waals surface area (Å²) in [5.41, 5.74) is 4.52. The molecule has 1 saturated heterocycles. The lowest BCUT2D eigenvalue weighted by Crippen LogP contribution is -2.39. The summed E-state index contributed by atoms with van der Waals surface area (Å²) in [6, 6.07) is 10.4. The molecule has 3 aromatic rings. The molecule has 4 heterocycles. The smallest absolute Gasteiger partial charge is 0.252 e. The van der Waals surface area contributed by atoms with E-state index in [1.165, 1.54) is 11.3 Å². The molecule has 0 spiro atoms. The van der Waals surface area contributed by atoms with Crippen LogP contribution in [-0.2, 0) is 6.42 Å². The number of ether oxygens (including phenoxy) is 1. The van der Waals surface area contributed by atoms with Crippen molar-refractivity contribution in [1.29, 1.82) is 0 Å². The zero-order chi connectivity index (χ0) is 18.4. The predicted octanol–water partition coefficient (Wildman–Crippen LogP) is 3.13. The largest absolute Gasteiger partial charge is 0.484 e. The van der Waals surface area contributed by atoms with Crippen LogP contribution in [0.2, 0.25) is 0 Å². The van der Waals surface area contributed by atoms with Crippen LogP contribution in [0.5, 0.6) is 5.75 Å². The molecule has 0 bridgehead atoms. The lowest BCUT2D eigenvalue weighted by Gasteiger charge is -2.37. The van der Waals surface area contributed by atoms with Gasteiger partial charge in [0, 0.05) is 36.8 Å². The molecular weight excluding hydrogens is 338 g/mol. The lowest BCUT2D eigenvalue weighted by molar-refractivity contribution is 0.178. The lowest BCUT2D eigenvalue weighted by atomic mass is 9.93. The van der Waals surface area contributed by atoms with Gasteiger partial charge < -0.3 is 9.64 Å². The number of hydrogen-bond donors (Lipinski definition) is 0. The molecule has 27 heavy (non-hydrogen) atoms. The molecule has 0 amide bonds. The number of fused-ring (bicyclic) bond motifs is 2. The van der Waals surface area contributed by atoms with Crippen LogP contribution in [0.1, 0.15) is 35.7 Å². The first-order valence-electron chi connectivity index (χ1n) is 9.54. The van der Waals surface area contributed by atoms with E-state index in [1.54, 1.807) is 6.33 Å². The Bertz CT molecular complexity index is 986. The molecule has 6 nitrogen and oxygen atoms in total. The minimum atomic E-state index is 0.0340. The summed E-state index contributed by atoms with van der Waals surface area (Å²) in [5.74, 6) is 2.05. The van der Waals surface area contributed by atoms with Crippen molar-refractivity contribution in [3.8, 4) is 5.75 Å². The maximum atomic E-state index is 6.16. The van der Waals surface area contributed by atoms with E-state index < -0.39 is 0 Å². The Hall–Kier alpha value is -2.89. The van der Waals surface area contributed by atoms with Crippen LogP contribution < -0.4 is 4.74 Å². The molecule has 2 aromatic heterocycles. The van der Waals surface area contributed by atoms with E-state index in [4.69, 9.17) is 4.74 Å². The van der Waals surface area contributed by atoms with E-state index >= 15 is 0 Å². The molecule has 0 N–H and O–H groups in total. The van der Waals surface area contributed by atoms with Gasteiger partial charge in [-0.05, 0) is 37.5 Å². The standard InChI is InChI=1S/C21H23N5O/c1-14-10-18(26-21(24-14)22-13-23-26)17-7-5-9-25(12-17)15(2)20-11-16-6-3-4-8-19(16)27-20/h3-4,6,8,10,13,17,20H,2,5,7,9,11-12H2,1H3. The highest BCUT2D eigenvalue weighted by atomic mass is 16.5. The Morgan fingerprint density at radius 1 is 1.30 bits per heavy atom. The monoisotopic (exact) mass is 361 g/mol. The van der Waals surface area contributed by atoms with Gasteiger partial charge in [-0.15, -0.1) is 0 Å². The maximum absolute atomic E-state index is 6.16. The van der Waals surface area contributed by atoms with Crippen molar-refractivity contribution >= 4 is 5.78 Å². The van der Waals surface area contributed by atoms with Crippen molar-refractivity contribution in [2.45, 2.75) is 38.2 Å². The van der Waals surface area contributed by atoms with Gasteiger partial charge >= 0.3 is 0 Å². The van der Waals surface area contributed by atoms with Crippen molar-refractivity contribution < 1.29 is 4.74 Å². The summed E-state index contributed by atoms with van der Waals surface area (Å²) in [6.45, 7) is 8.36. The second-order valence-corrected chi connectivity index (χ2v) is 7.49. The van der Waals surface area contributed by atoms with Crippen LogP contribution in [0.25, 0.3) is 5.78 Å². The average molecular weight is 361 g/mol. The second kappa shape index (κ2) is 6.37. The van der Waals surface area contributed by atoms with Crippen molar-refractivity contribution in [2.75, 3.05) is 13.1 Å². The second-order valence-electron chi connectivity index (χ2n) is 7.49. The topological polar surface area (TPSA) is 55.5 Å². The number of likely N-dealkylation sites (tertiary alicyclic amines) is 1. The number of rotatable bonds is 3. The highest BCUT2D eigenvalue weighted by molar-refractivity contribution is 5.39. The normalized spacial score (nSPS) is 21.9. The Morgan fingerprint density at radius 3 is 3.07 bits per heavy atom. The molecule has 0 aliphatic carbocycles. The number of aryl methyl sites for hydroxylation is 1. The van der Waals surface area contributed by atoms with Gasteiger partial charge in [0.25, 0.3) is 5.78 Å². The van der Waals surface area contributed by atoms with Crippen molar-refractivity contribution in [1.82, 2.24) is 24.5 Å². The summed E-state index contributed by atoms with van der Waals surface area (Å²) < 4.78 is 8.04. The predicted molar refractivity (Wildman–Crippen MR) is 103 cm³/mol. The van der Waals surface area contributed by atoms with Crippen molar-refractivity contribution in [2.24, 2.45) is 0 Å². The molecule has 0 radical (unpaired) electrons. The summed E-state index contributed by atoms with van der Waals surface area (Å²) in [7, 11) is 0. The zero-order valence-corrected chi connectivity index (χ0v) is 15.5. The maximum Gasteiger partial charge on any atom is 0.252 e. The minimum absolute atomic E-state index is 0.0340. The number of para-hydroxylation sites is 1. The Kier molecular flexibility index (Phi) is 3.85. The van der Waals surface area contributed by atoms with E-state index in [2.05, 4.69) is 44.7 Å². The molecule has 0 saturated carbocycles. The van der Waals surface area contributed by atoms with Crippen molar-refractivity contribution in [3.05, 3.63) is 65.9 Å². The first-order valence-corrected chi connectivity index (χ1v) is 9.54. The van der Waals surface area contributed by atoms with Gasteiger partial charge in [0.2, 0.25) is 0 Å². The summed E-state index contributed by atoms with van der Waals surface area (Å²) in [4.78, 5) is 11.1. The number of hydrogen-bond acceptors (Lipinski definition) is 5. The molecule has 1 aromatic carbocycles. The highest BCUT2D eigenvalue weighted by Gasteiger charge is 2.31. The fourth-order valence-corrected chi connectivity index (χ4v) is 4.30. The van der Waals surface area contributed by atoms with E-state index in [1.807, 2.05) is 23.6 Å². The van der Waals surface area contributed by atoms with Crippen LogP contribution in [0, 0.1) is 6.92 Å². The van der Waals surface area contributed by atoms with Crippen LogP contribution in [0.3, 0.4) is 0 Å². The quantitative estimate of drug-likeness (QED) is 0.717. The van der Waals surface area contributed by atoms with Gasteiger partial charge in [-0.25, -0.2) is 9.50 Å². The summed E-state index contributed by atoms with van der Waals surface area (Å²) >= 11 is 0. The average Bonchev–Trinajstić information content (AvgIpc) is 3.33. The van der Waals surface area contributed by atoms with Crippen LogP contribution >= 0.6 is 0 Å². The zero-order valence-electron chi connectivity index (χ0n) is 15.5. The number of piperidine rings is 1. The third-order valence-electron chi connectivity index (χ3n) is 5.67. The molecule has 2 unspecified atom stereocenters. The highest BCUT2D eigenvalue weighted by Crippen LogP contribution is 2.34. The van der Waals surface area contributed by atoms with Gasteiger partial charge in [-0.1, -0.05) is 24.8 Å². The van der Waals surface area contributed by atoms with Crippen LogP contribution in [0.15, 0.2) is 48.9 Å². The van der Waals surface area contributed by atoms with Gasteiger partial charge in [-0.3, -0.25) is 0 Å². The van der Waals surface area contributed by atoms with Gasteiger partial charge in [0.1, 0.15) is 18.2 Å². The first kappa shape index (κ1) is 16.3. The molecule has 2 aliphatic heterocycles. The molecule has 2 aliphatic rings. The molecule has 138 valence electrons. The molecule has 5 rings (SSSR count). The van der Waals surface area contributed by atoms with Crippen LogP contribution in [-0.4, -0.2) is 43.7 Å². The third-order valence-corrected chi connectivity index (χ3v) is 5.67.